The Morgan fingerprint density at radius 2 is 1.85 bits per heavy atom. The zero-order chi connectivity index (χ0) is 24.9. The van der Waals surface area contributed by atoms with Gasteiger partial charge in [0.15, 0.2) is 23.3 Å². The van der Waals surface area contributed by atoms with Crippen LogP contribution in [0.4, 0.5) is 33.5 Å². The zero-order valence-electron chi connectivity index (χ0n) is 17.2. The number of aliphatic hydroxyl groups excluding tert-OH is 1. The maximum atomic E-state index is 15.0. The van der Waals surface area contributed by atoms with E-state index in [1.54, 1.807) is 0 Å². The number of nitrogens with two attached hydrogens (primary N) is 1. The Labute approximate surface area is 187 Å². The molecule has 1 aliphatic rings. The van der Waals surface area contributed by atoms with Crippen LogP contribution < -0.4 is 16.1 Å². The normalized spacial score (nSPS) is 17.0. The quantitative estimate of drug-likeness (QED) is 0.476. The summed E-state index contributed by atoms with van der Waals surface area (Å²) in [6, 6.07) is 2.27. The number of hydrogen-bond acceptors (Lipinski definition) is 6. The molecule has 4 rings (SSSR count). The van der Waals surface area contributed by atoms with E-state index in [1.807, 2.05) is 0 Å². The third-order valence-corrected chi connectivity index (χ3v) is 5.78. The number of aromatic nitrogens is 2. The SMILES string of the molecule is Nc1nc(-n2cc(C(=O)O)c(=O)c3cc(F)c(N4CCC(C(O)C(F)F)C4)cc32)c(F)cc1F. The van der Waals surface area contributed by atoms with Gasteiger partial charge in [0, 0.05) is 31.3 Å². The van der Waals surface area contributed by atoms with Gasteiger partial charge in [0.05, 0.1) is 16.6 Å². The third-order valence-electron chi connectivity index (χ3n) is 5.78. The Morgan fingerprint density at radius 3 is 2.50 bits per heavy atom. The number of pyridine rings is 2. The molecule has 3 heterocycles. The molecule has 1 saturated heterocycles. The van der Waals surface area contributed by atoms with Gasteiger partial charge in [0.25, 0.3) is 6.43 Å². The van der Waals surface area contributed by atoms with Crippen molar-refractivity contribution in [2.45, 2.75) is 19.0 Å². The summed E-state index contributed by atoms with van der Waals surface area (Å²) in [6.45, 7) is -0.0219. The van der Waals surface area contributed by atoms with Crippen molar-refractivity contribution < 1.29 is 37.0 Å². The number of carbonyl (C=O) groups is 1. The van der Waals surface area contributed by atoms with Crippen molar-refractivity contribution in [2.75, 3.05) is 23.7 Å². The summed E-state index contributed by atoms with van der Waals surface area (Å²) in [6.07, 6.45) is -4.00. The second-order valence-electron chi connectivity index (χ2n) is 7.85. The number of carboxylic acid groups (broad SMARTS) is 1. The van der Waals surface area contributed by atoms with Gasteiger partial charge in [-0.15, -0.1) is 0 Å². The lowest BCUT2D eigenvalue weighted by atomic mass is 10.0. The van der Waals surface area contributed by atoms with E-state index in [4.69, 9.17) is 5.73 Å². The third kappa shape index (κ3) is 3.91. The molecule has 34 heavy (non-hydrogen) atoms. The molecule has 8 nitrogen and oxygen atoms in total. The van der Waals surface area contributed by atoms with Crippen LogP contribution in [-0.4, -0.2) is 51.4 Å². The molecule has 0 aliphatic carbocycles. The van der Waals surface area contributed by atoms with Gasteiger partial charge in [0.1, 0.15) is 17.5 Å². The molecule has 0 saturated carbocycles. The van der Waals surface area contributed by atoms with Crippen LogP contribution in [0.1, 0.15) is 16.8 Å². The van der Waals surface area contributed by atoms with E-state index >= 15 is 0 Å². The van der Waals surface area contributed by atoms with Crippen LogP contribution in [0.15, 0.2) is 29.2 Å². The van der Waals surface area contributed by atoms with Crippen LogP contribution in [0, 0.1) is 23.4 Å². The fourth-order valence-corrected chi connectivity index (χ4v) is 4.03. The molecule has 1 aromatic carbocycles. The number of fused-ring (bicyclic) bond motifs is 1. The number of nitrogens with zero attached hydrogens (tertiary/aromatic N) is 3. The standard InChI is InChI=1S/C21H17F5N4O4/c22-11-3-9-14(5-15(11)29-2-1-8(6-29)16(31)18(25)26)30(7-10(17(9)32)21(33)34)20-13(24)4-12(23)19(27)28-20/h3-5,7-8,16,18,31H,1-2,6H2,(H2,27,28)(H,33,34). The summed E-state index contributed by atoms with van der Waals surface area (Å²) < 4.78 is 69.8. The number of carboxylic acids is 1. The lowest BCUT2D eigenvalue weighted by Gasteiger charge is -2.22. The van der Waals surface area contributed by atoms with Crippen LogP contribution in [0.5, 0.6) is 0 Å². The number of anilines is 2. The van der Waals surface area contributed by atoms with Gasteiger partial charge >= 0.3 is 5.97 Å². The summed E-state index contributed by atoms with van der Waals surface area (Å²) >= 11 is 0. The maximum absolute atomic E-state index is 15.0. The summed E-state index contributed by atoms with van der Waals surface area (Å²) in [5.41, 5.74) is 3.20. The topological polar surface area (TPSA) is 122 Å². The Hall–Kier alpha value is -3.74. The number of rotatable bonds is 5. The van der Waals surface area contributed by atoms with Crippen molar-refractivity contribution in [1.82, 2.24) is 9.55 Å². The molecule has 1 fully saturated rings. The second kappa shape index (κ2) is 8.56. The molecule has 3 aromatic rings. The molecule has 4 N–H and O–H groups in total. The van der Waals surface area contributed by atoms with Gasteiger partial charge in [-0.1, -0.05) is 0 Å². The second-order valence-corrected chi connectivity index (χ2v) is 7.85. The highest BCUT2D eigenvalue weighted by atomic mass is 19.3. The first-order valence-corrected chi connectivity index (χ1v) is 9.94. The number of alkyl halides is 2. The van der Waals surface area contributed by atoms with E-state index in [0.717, 1.165) is 22.9 Å². The lowest BCUT2D eigenvalue weighted by Crippen LogP contribution is -2.31. The van der Waals surface area contributed by atoms with Gasteiger partial charge in [0.2, 0.25) is 5.43 Å². The molecular formula is C21H17F5N4O4. The molecule has 2 atom stereocenters. The van der Waals surface area contributed by atoms with Gasteiger partial charge in [-0.25, -0.2) is 31.7 Å². The first-order valence-electron chi connectivity index (χ1n) is 9.94. The molecule has 0 spiro atoms. The molecule has 2 aromatic heterocycles. The number of aromatic carboxylic acids is 1. The van der Waals surface area contributed by atoms with Crippen molar-refractivity contribution in [2.24, 2.45) is 5.92 Å². The van der Waals surface area contributed by atoms with Crippen molar-refractivity contribution in [3.8, 4) is 5.82 Å². The number of halogens is 5. The van der Waals surface area contributed by atoms with E-state index in [-0.39, 0.29) is 30.7 Å². The lowest BCUT2D eigenvalue weighted by molar-refractivity contribution is -0.0334. The number of aliphatic hydroxyl groups is 1. The maximum Gasteiger partial charge on any atom is 0.341 e. The minimum absolute atomic E-state index is 0.102. The summed E-state index contributed by atoms with van der Waals surface area (Å²) in [5.74, 6) is -7.23. The predicted octanol–water partition coefficient (Wildman–Crippen LogP) is 2.54. The molecule has 0 bridgehead atoms. The molecule has 2 unspecified atom stereocenters. The van der Waals surface area contributed by atoms with E-state index in [2.05, 4.69) is 4.98 Å². The minimum atomic E-state index is -2.98. The highest BCUT2D eigenvalue weighted by molar-refractivity contribution is 5.94. The van der Waals surface area contributed by atoms with Crippen LogP contribution in [0.3, 0.4) is 0 Å². The van der Waals surface area contributed by atoms with Gasteiger partial charge in [-0.05, 0) is 18.6 Å². The Kier molecular flexibility index (Phi) is 5.89. The zero-order valence-corrected chi connectivity index (χ0v) is 17.2. The molecule has 1 aliphatic heterocycles. The number of nitrogen functional groups attached to an aromatic ring is 1. The highest BCUT2D eigenvalue weighted by Gasteiger charge is 2.34. The van der Waals surface area contributed by atoms with Crippen molar-refractivity contribution in [1.29, 1.82) is 0 Å². The molecular weight excluding hydrogens is 467 g/mol. The Balaban J connectivity index is 1.93. The van der Waals surface area contributed by atoms with Crippen LogP contribution in [-0.2, 0) is 0 Å². The van der Waals surface area contributed by atoms with Gasteiger partial charge < -0.3 is 20.8 Å². The number of hydrogen-bond donors (Lipinski definition) is 3. The van der Waals surface area contributed by atoms with Crippen molar-refractivity contribution in [3.63, 3.8) is 0 Å². The Morgan fingerprint density at radius 1 is 1.15 bits per heavy atom. The van der Waals surface area contributed by atoms with Crippen molar-refractivity contribution >= 4 is 28.4 Å². The first-order chi connectivity index (χ1) is 16.0. The average Bonchev–Trinajstić information content (AvgIpc) is 3.25. The van der Waals surface area contributed by atoms with E-state index in [1.165, 1.54) is 4.90 Å². The summed E-state index contributed by atoms with van der Waals surface area (Å²) in [5, 5.41) is 18.6. The van der Waals surface area contributed by atoms with E-state index in [9.17, 15) is 41.8 Å². The fraction of sp³-hybridized carbons (Fsp3) is 0.286. The summed E-state index contributed by atoms with van der Waals surface area (Å²) in [7, 11) is 0. The number of benzene rings is 1. The smallest absolute Gasteiger partial charge is 0.341 e. The van der Waals surface area contributed by atoms with Crippen LogP contribution in [0.25, 0.3) is 16.7 Å². The largest absolute Gasteiger partial charge is 0.477 e. The van der Waals surface area contributed by atoms with Crippen LogP contribution >= 0.6 is 0 Å². The minimum Gasteiger partial charge on any atom is -0.477 e. The monoisotopic (exact) mass is 484 g/mol. The summed E-state index contributed by atoms with van der Waals surface area (Å²) in [4.78, 5) is 29.2. The van der Waals surface area contributed by atoms with Gasteiger partial charge in [-0.2, -0.15) is 0 Å². The molecule has 13 heteroatoms. The van der Waals surface area contributed by atoms with E-state index < -0.39 is 69.9 Å². The van der Waals surface area contributed by atoms with Crippen molar-refractivity contribution in [3.05, 3.63) is 57.6 Å². The Bertz CT molecular complexity index is 1360. The predicted molar refractivity (Wildman–Crippen MR) is 111 cm³/mol. The van der Waals surface area contributed by atoms with E-state index in [0.29, 0.717) is 6.07 Å². The van der Waals surface area contributed by atoms with Gasteiger partial charge in [-0.3, -0.25) is 9.36 Å². The average molecular weight is 484 g/mol. The van der Waals surface area contributed by atoms with Crippen LogP contribution in [0.2, 0.25) is 0 Å². The molecule has 180 valence electrons. The first kappa shape index (κ1) is 23.4. The molecule has 0 amide bonds. The highest BCUT2D eigenvalue weighted by Crippen LogP contribution is 2.33. The molecule has 0 radical (unpaired) electrons. The fourth-order valence-electron chi connectivity index (χ4n) is 4.03.